The fourth-order valence-electron chi connectivity index (χ4n) is 8.02. The third kappa shape index (κ3) is 5.92. The molecule has 11 aromatic rings. The van der Waals surface area contributed by atoms with E-state index in [-0.39, 0.29) is 0 Å². The van der Waals surface area contributed by atoms with Crippen molar-refractivity contribution in [1.29, 1.82) is 0 Å². The van der Waals surface area contributed by atoms with Crippen molar-refractivity contribution in [3.8, 4) is 67.5 Å². The van der Waals surface area contributed by atoms with Crippen LogP contribution < -0.4 is 0 Å². The largest absolute Gasteiger partial charge is 0.456 e. The quantitative estimate of drug-likeness (QED) is 0.171. The zero-order chi connectivity index (χ0) is 37.7. The highest BCUT2D eigenvalue weighted by Gasteiger charge is 2.18. The molecule has 0 aliphatic carbocycles. The van der Waals surface area contributed by atoms with Gasteiger partial charge < -0.3 is 4.42 Å². The van der Waals surface area contributed by atoms with Crippen LogP contribution in [0, 0.1) is 0 Å². The van der Waals surface area contributed by atoms with Gasteiger partial charge in [-0.25, -0.2) is 15.0 Å². The van der Waals surface area contributed by atoms with E-state index in [0.717, 1.165) is 71.7 Å². The molecule has 0 amide bonds. The van der Waals surface area contributed by atoms with E-state index in [1.54, 1.807) is 0 Å². The number of rotatable bonds is 6. The normalized spacial score (nSPS) is 11.5. The molecule has 9 aromatic carbocycles. The van der Waals surface area contributed by atoms with Crippen LogP contribution in [0.15, 0.2) is 205 Å². The molecule has 0 bridgehead atoms. The molecule has 266 valence electrons. The zero-order valence-corrected chi connectivity index (χ0v) is 30.8. The molecule has 2 aromatic heterocycles. The van der Waals surface area contributed by atoms with Crippen molar-refractivity contribution in [3.63, 3.8) is 0 Å². The minimum atomic E-state index is 0.585. The molecule has 0 saturated heterocycles. The Morgan fingerprint density at radius 1 is 0.281 bits per heavy atom. The lowest BCUT2D eigenvalue weighted by Gasteiger charge is -2.10. The predicted octanol–water partition coefficient (Wildman–Crippen LogP) is 14.1. The second-order valence-corrected chi connectivity index (χ2v) is 14.4. The van der Waals surface area contributed by atoms with Crippen LogP contribution in [-0.4, -0.2) is 15.0 Å². The zero-order valence-electron chi connectivity index (χ0n) is 30.8. The molecule has 0 fully saturated rings. The Morgan fingerprint density at radius 2 is 0.754 bits per heavy atom. The van der Waals surface area contributed by atoms with Gasteiger partial charge in [0.2, 0.25) is 0 Å². The van der Waals surface area contributed by atoms with Crippen LogP contribution in [-0.2, 0) is 0 Å². The average molecular weight is 728 g/mol. The summed E-state index contributed by atoms with van der Waals surface area (Å²) >= 11 is 0. The lowest BCUT2D eigenvalue weighted by Crippen LogP contribution is -2.00. The number of fused-ring (bicyclic) bond motifs is 6. The molecular weight excluding hydrogens is 695 g/mol. The van der Waals surface area contributed by atoms with Crippen molar-refractivity contribution in [2.24, 2.45) is 0 Å². The van der Waals surface area contributed by atoms with Crippen molar-refractivity contribution in [2.45, 2.75) is 0 Å². The molecule has 57 heavy (non-hydrogen) atoms. The Kier molecular flexibility index (Phi) is 7.78. The molecule has 0 aliphatic heterocycles. The maximum absolute atomic E-state index is 6.74. The summed E-state index contributed by atoms with van der Waals surface area (Å²) in [5.74, 6) is 1.81. The second-order valence-electron chi connectivity index (χ2n) is 14.4. The van der Waals surface area contributed by atoms with E-state index in [4.69, 9.17) is 19.4 Å². The van der Waals surface area contributed by atoms with Gasteiger partial charge in [-0.05, 0) is 79.2 Å². The predicted molar refractivity (Wildman–Crippen MR) is 235 cm³/mol. The van der Waals surface area contributed by atoms with Crippen molar-refractivity contribution in [2.75, 3.05) is 0 Å². The van der Waals surface area contributed by atoms with E-state index >= 15 is 0 Å². The molecular formula is C53H33N3O. The third-order valence-electron chi connectivity index (χ3n) is 10.9. The van der Waals surface area contributed by atoms with E-state index in [9.17, 15) is 0 Å². The summed E-state index contributed by atoms with van der Waals surface area (Å²) in [4.78, 5) is 15.2. The Balaban J connectivity index is 1.04. The summed E-state index contributed by atoms with van der Waals surface area (Å²) < 4.78 is 6.74. The average Bonchev–Trinajstić information content (AvgIpc) is 3.67. The Morgan fingerprint density at radius 3 is 1.42 bits per heavy atom. The van der Waals surface area contributed by atoms with E-state index in [1.807, 2.05) is 12.1 Å². The summed E-state index contributed by atoms with van der Waals surface area (Å²) in [6.07, 6.45) is 0. The van der Waals surface area contributed by atoms with Gasteiger partial charge in [0.1, 0.15) is 11.2 Å². The van der Waals surface area contributed by atoms with Gasteiger partial charge in [-0.15, -0.1) is 0 Å². The smallest absolute Gasteiger partial charge is 0.164 e. The Labute approximate surface area is 329 Å². The topological polar surface area (TPSA) is 51.8 Å². The first-order valence-corrected chi connectivity index (χ1v) is 19.2. The van der Waals surface area contributed by atoms with Crippen LogP contribution in [0.2, 0.25) is 0 Å². The van der Waals surface area contributed by atoms with Gasteiger partial charge in [0.05, 0.1) is 0 Å². The number of furan rings is 1. The van der Waals surface area contributed by atoms with Gasteiger partial charge in [0, 0.05) is 27.5 Å². The molecule has 4 nitrogen and oxygen atoms in total. The molecule has 0 aliphatic rings. The molecule has 0 radical (unpaired) electrons. The first-order valence-electron chi connectivity index (χ1n) is 19.2. The lowest BCUT2D eigenvalue weighted by atomic mass is 9.93. The fourth-order valence-corrected chi connectivity index (χ4v) is 8.02. The van der Waals surface area contributed by atoms with Gasteiger partial charge in [0.25, 0.3) is 0 Å². The van der Waals surface area contributed by atoms with Crippen molar-refractivity contribution in [1.82, 2.24) is 15.0 Å². The second kappa shape index (κ2) is 13.6. The number of aromatic nitrogens is 3. The summed E-state index contributed by atoms with van der Waals surface area (Å²) in [6.45, 7) is 0. The van der Waals surface area contributed by atoms with E-state index in [0.29, 0.717) is 17.5 Å². The summed E-state index contributed by atoms with van der Waals surface area (Å²) in [5.41, 5.74) is 11.3. The maximum atomic E-state index is 6.74. The van der Waals surface area contributed by atoms with Crippen LogP contribution in [0.5, 0.6) is 0 Å². The first-order chi connectivity index (χ1) is 28.2. The van der Waals surface area contributed by atoms with Crippen molar-refractivity contribution < 1.29 is 4.42 Å². The number of hydrogen-bond acceptors (Lipinski definition) is 4. The molecule has 0 N–H and O–H groups in total. The molecule has 2 heterocycles. The molecule has 4 heteroatoms. The van der Waals surface area contributed by atoms with Gasteiger partial charge in [-0.1, -0.05) is 176 Å². The van der Waals surface area contributed by atoms with E-state index < -0.39 is 0 Å². The molecule has 0 saturated carbocycles. The van der Waals surface area contributed by atoms with Crippen molar-refractivity contribution in [3.05, 3.63) is 200 Å². The van der Waals surface area contributed by atoms with Crippen LogP contribution in [0.25, 0.3) is 111 Å². The number of hydrogen-bond donors (Lipinski definition) is 0. The highest BCUT2D eigenvalue weighted by Crippen LogP contribution is 2.41. The molecule has 0 spiro atoms. The van der Waals surface area contributed by atoms with Crippen LogP contribution >= 0.6 is 0 Å². The Bertz CT molecular complexity index is 3260. The minimum Gasteiger partial charge on any atom is -0.456 e. The molecule has 0 atom stereocenters. The minimum absolute atomic E-state index is 0.585. The van der Waals surface area contributed by atoms with Crippen LogP contribution in [0.3, 0.4) is 0 Å². The van der Waals surface area contributed by atoms with Crippen molar-refractivity contribution >= 4 is 43.5 Å². The summed E-state index contributed by atoms with van der Waals surface area (Å²) in [7, 11) is 0. The van der Waals surface area contributed by atoms with E-state index in [2.05, 4.69) is 188 Å². The SMILES string of the molecule is c1ccc(-c2ccc(-c3nc(-c4ccc5ccccc5c4)nc(-c4ccc5c(c4)oc4cc(-c6ccc(-c7ccccc7)cc6)c6ccccc6c45)n3)cc2)cc1. The number of nitrogens with zero attached hydrogens (tertiary/aromatic N) is 3. The Hall–Kier alpha value is -7.69. The first kappa shape index (κ1) is 32.7. The maximum Gasteiger partial charge on any atom is 0.164 e. The van der Waals surface area contributed by atoms with Crippen LogP contribution in [0.1, 0.15) is 0 Å². The summed E-state index contributed by atoms with van der Waals surface area (Å²) in [6, 6.07) is 69.9. The van der Waals surface area contributed by atoms with E-state index in [1.165, 1.54) is 21.9 Å². The van der Waals surface area contributed by atoms with Crippen LogP contribution in [0.4, 0.5) is 0 Å². The standard InChI is InChI=1S/C53H33N3O/c1-3-11-34(12-4-1)37-19-24-39(25-20-37)47-33-49-50(45-18-10-9-17-44(45)47)46-30-29-43(32-48(46)57-49)53-55-51(40-26-21-38(22-27-40)35-13-5-2-6-14-35)54-52(56-53)42-28-23-36-15-7-8-16-41(36)31-42/h1-33H. The summed E-state index contributed by atoms with van der Waals surface area (Å²) in [5, 5.41) is 6.80. The van der Waals surface area contributed by atoms with Gasteiger partial charge in [0.15, 0.2) is 17.5 Å². The van der Waals surface area contributed by atoms with Gasteiger partial charge >= 0.3 is 0 Å². The third-order valence-corrected chi connectivity index (χ3v) is 10.9. The van der Waals surface area contributed by atoms with Gasteiger partial charge in [-0.3, -0.25) is 0 Å². The molecule has 0 unspecified atom stereocenters. The highest BCUT2D eigenvalue weighted by molar-refractivity contribution is 6.22. The lowest BCUT2D eigenvalue weighted by molar-refractivity contribution is 0.669. The highest BCUT2D eigenvalue weighted by atomic mass is 16.3. The number of benzene rings is 9. The van der Waals surface area contributed by atoms with Gasteiger partial charge in [-0.2, -0.15) is 0 Å². The fraction of sp³-hybridized carbons (Fsp3) is 0. The molecule has 11 rings (SSSR count). The monoisotopic (exact) mass is 727 g/mol.